The third kappa shape index (κ3) is 3.42. The highest BCUT2D eigenvalue weighted by atomic mass is 32.2. The minimum absolute atomic E-state index is 0.850. The van der Waals surface area contributed by atoms with E-state index in [0.717, 1.165) is 41.8 Å². The van der Waals surface area contributed by atoms with Crippen LogP contribution >= 0.6 is 34.4 Å². The van der Waals surface area contributed by atoms with Crippen LogP contribution in [0.5, 0.6) is 0 Å². The first-order valence-electron chi connectivity index (χ1n) is 7.35. The molecule has 0 aliphatic heterocycles. The van der Waals surface area contributed by atoms with Gasteiger partial charge in [0.05, 0.1) is 15.6 Å². The maximum atomic E-state index is 4.67. The fourth-order valence-electron chi connectivity index (χ4n) is 2.15. The Morgan fingerprint density at radius 1 is 1.23 bits per heavy atom. The van der Waals surface area contributed by atoms with Gasteiger partial charge in [-0.05, 0) is 31.2 Å². The Morgan fingerprint density at radius 3 is 2.86 bits per heavy atom. The van der Waals surface area contributed by atoms with E-state index in [2.05, 4.69) is 50.4 Å². The average molecular weight is 351 g/mol. The van der Waals surface area contributed by atoms with Crippen LogP contribution in [0, 0.1) is 0 Å². The van der Waals surface area contributed by atoms with Crippen molar-refractivity contribution in [3.8, 4) is 10.7 Å². The Hall–Kier alpha value is -1.18. The van der Waals surface area contributed by atoms with Crippen LogP contribution in [-0.4, -0.2) is 19.7 Å². The minimum Gasteiger partial charge on any atom is -0.302 e. The highest BCUT2D eigenvalue weighted by molar-refractivity contribution is 7.98. The second kappa shape index (κ2) is 7.39. The Morgan fingerprint density at radius 2 is 2.14 bits per heavy atom. The van der Waals surface area contributed by atoms with Gasteiger partial charge >= 0.3 is 0 Å². The Labute approximate surface area is 142 Å². The summed E-state index contributed by atoms with van der Waals surface area (Å²) in [6.45, 7) is 5.19. The van der Waals surface area contributed by atoms with Gasteiger partial charge in [0.1, 0.15) is 0 Å². The lowest BCUT2D eigenvalue weighted by Gasteiger charge is -2.05. The summed E-state index contributed by atoms with van der Waals surface area (Å²) in [7, 11) is 0. The molecular weight excluding hydrogens is 332 g/mol. The SMILES string of the molecule is CCCc1nc(CSc2nnc(-c3cccs3)n2CC)cs1. The van der Waals surface area contributed by atoms with Crippen LogP contribution in [0.25, 0.3) is 10.7 Å². The average Bonchev–Trinajstić information content (AvgIpc) is 3.25. The first kappa shape index (κ1) is 15.7. The van der Waals surface area contributed by atoms with Gasteiger partial charge in [0.25, 0.3) is 0 Å². The molecule has 3 aromatic heterocycles. The first-order valence-corrected chi connectivity index (χ1v) is 10.1. The van der Waals surface area contributed by atoms with Gasteiger partial charge in [0.2, 0.25) is 0 Å². The molecule has 0 amide bonds. The highest BCUT2D eigenvalue weighted by Gasteiger charge is 2.14. The molecule has 0 unspecified atom stereocenters. The number of rotatable bonds is 7. The molecule has 0 radical (unpaired) electrons. The third-order valence-corrected chi connectivity index (χ3v) is 6.01. The smallest absolute Gasteiger partial charge is 0.191 e. The second-order valence-electron chi connectivity index (χ2n) is 4.80. The van der Waals surface area contributed by atoms with Crippen LogP contribution in [0.15, 0.2) is 28.0 Å². The second-order valence-corrected chi connectivity index (χ2v) is 7.63. The highest BCUT2D eigenvalue weighted by Crippen LogP contribution is 2.29. The van der Waals surface area contributed by atoms with E-state index < -0.39 is 0 Å². The van der Waals surface area contributed by atoms with Crippen LogP contribution in [0.3, 0.4) is 0 Å². The van der Waals surface area contributed by atoms with Crippen LogP contribution in [-0.2, 0) is 18.7 Å². The van der Waals surface area contributed by atoms with Gasteiger partial charge < -0.3 is 4.57 Å². The van der Waals surface area contributed by atoms with Gasteiger partial charge in [-0.15, -0.1) is 32.9 Å². The molecule has 116 valence electrons. The first-order chi connectivity index (χ1) is 10.8. The van der Waals surface area contributed by atoms with Gasteiger partial charge in [-0.3, -0.25) is 0 Å². The number of aryl methyl sites for hydroxylation is 1. The lowest BCUT2D eigenvalue weighted by atomic mass is 10.3. The van der Waals surface area contributed by atoms with Crippen molar-refractivity contribution in [2.24, 2.45) is 0 Å². The maximum Gasteiger partial charge on any atom is 0.191 e. The number of nitrogens with zero attached hydrogens (tertiary/aromatic N) is 4. The minimum atomic E-state index is 0.850. The molecule has 3 rings (SSSR count). The van der Waals surface area contributed by atoms with Crippen molar-refractivity contribution in [1.29, 1.82) is 0 Å². The quantitative estimate of drug-likeness (QED) is 0.578. The van der Waals surface area contributed by atoms with Crippen molar-refractivity contribution in [3.05, 3.63) is 33.6 Å². The summed E-state index contributed by atoms with van der Waals surface area (Å²) in [6.07, 6.45) is 2.22. The summed E-state index contributed by atoms with van der Waals surface area (Å²) in [6, 6.07) is 4.14. The van der Waals surface area contributed by atoms with Crippen molar-refractivity contribution >= 4 is 34.4 Å². The zero-order chi connectivity index (χ0) is 15.4. The van der Waals surface area contributed by atoms with Gasteiger partial charge in [-0.1, -0.05) is 24.8 Å². The van der Waals surface area contributed by atoms with Crippen LogP contribution in [0.4, 0.5) is 0 Å². The van der Waals surface area contributed by atoms with Crippen molar-refractivity contribution < 1.29 is 0 Å². The molecule has 0 fully saturated rings. The molecular formula is C15H18N4S3. The molecule has 0 aliphatic rings. The standard InChI is InChI=1S/C15H18N4S3/c1-3-6-13-16-11(9-21-13)10-22-15-18-17-14(19(15)4-2)12-7-5-8-20-12/h5,7-9H,3-4,6,10H2,1-2H3. The predicted molar refractivity (Wildman–Crippen MR) is 94.7 cm³/mol. The molecule has 0 spiro atoms. The lowest BCUT2D eigenvalue weighted by Crippen LogP contribution is -1.99. The third-order valence-electron chi connectivity index (χ3n) is 3.19. The Balaban J connectivity index is 1.72. The molecule has 0 saturated carbocycles. The van der Waals surface area contributed by atoms with Crippen molar-refractivity contribution in [2.75, 3.05) is 0 Å². The zero-order valence-electron chi connectivity index (χ0n) is 12.7. The summed E-state index contributed by atoms with van der Waals surface area (Å²) in [5.74, 6) is 1.81. The fraction of sp³-hybridized carbons (Fsp3) is 0.400. The van der Waals surface area contributed by atoms with Gasteiger partial charge in [-0.2, -0.15) is 0 Å². The molecule has 0 N–H and O–H groups in total. The molecule has 3 aromatic rings. The van der Waals surface area contributed by atoms with Crippen LogP contribution in [0.2, 0.25) is 0 Å². The number of thioether (sulfide) groups is 1. The topological polar surface area (TPSA) is 43.6 Å². The molecule has 0 aliphatic carbocycles. The van der Waals surface area contributed by atoms with E-state index in [1.807, 2.05) is 6.07 Å². The number of aromatic nitrogens is 4. The van der Waals surface area contributed by atoms with Crippen LogP contribution in [0.1, 0.15) is 31.0 Å². The van der Waals surface area contributed by atoms with Crippen molar-refractivity contribution in [1.82, 2.24) is 19.7 Å². The zero-order valence-corrected chi connectivity index (χ0v) is 15.1. The Bertz CT molecular complexity index is 715. The number of hydrogen-bond acceptors (Lipinski definition) is 6. The van der Waals surface area contributed by atoms with E-state index in [1.54, 1.807) is 34.4 Å². The van der Waals surface area contributed by atoms with E-state index in [9.17, 15) is 0 Å². The summed E-state index contributed by atoms with van der Waals surface area (Å²) >= 11 is 5.17. The van der Waals surface area contributed by atoms with E-state index in [0.29, 0.717) is 0 Å². The molecule has 3 heterocycles. The van der Waals surface area contributed by atoms with Gasteiger partial charge in [0.15, 0.2) is 11.0 Å². The number of hydrogen-bond donors (Lipinski definition) is 0. The summed E-state index contributed by atoms with van der Waals surface area (Å²) in [5, 5.41) is 15.1. The van der Waals surface area contributed by atoms with Gasteiger partial charge in [0, 0.05) is 17.7 Å². The Kier molecular flexibility index (Phi) is 5.28. The molecule has 0 bridgehead atoms. The molecule has 0 atom stereocenters. The number of thiophene rings is 1. The molecule has 7 heteroatoms. The fourth-order valence-corrected chi connectivity index (χ4v) is 4.77. The summed E-state index contributed by atoms with van der Waals surface area (Å²) in [4.78, 5) is 5.84. The number of thiazole rings is 1. The van der Waals surface area contributed by atoms with Crippen molar-refractivity contribution in [2.45, 2.75) is 44.1 Å². The summed E-state index contributed by atoms with van der Waals surface area (Å²) < 4.78 is 2.18. The van der Waals surface area contributed by atoms with E-state index in [4.69, 9.17) is 0 Å². The van der Waals surface area contributed by atoms with Gasteiger partial charge in [-0.25, -0.2) is 4.98 Å². The molecule has 4 nitrogen and oxygen atoms in total. The summed E-state index contributed by atoms with van der Waals surface area (Å²) in [5.41, 5.74) is 1.14. The molecule has 22 heavy (non-hydrogen) atoms. The van der Waals surface area contributed by atoms with E-state index >= 15 is 0 Å². The monoisotopic (exact) mass is 350 g/mol. The van der Waals surface area contributed by atoms with Crippen LogP contribution < -0.4 is 0 Å². The normalized spacial score (nSPS) is 11.2. The molecule has 0 aromatic carbocycles. The van der Waals surface area contributed by atoms with E-state index in [1.165, 1.54) is 9.88 Å². The molecule has 0 saturated heterocycles. The van der Waals surface area contributed by atoms with Crippen molar-refractivity contribution in [3.63, 3.8) is 0 Å². The van der Waals surface area contributed by atoms with E-state index in [-0.39, 0.29) is 0 Å². The lowest BCUT2D eigenvalue weighted by molar-refractivity contribution is 0.688. The largest absolute Gasteiger partial charge is 0.302 e. The predicted octanol–water partition coefficient (Wildman–Crippen LogP) is 4.73. The maximum absolute atomic E-state index is 4.67.